The first-order chi connectivity index (χ1) is 9.36. The molecule has 0 N–H and O–H groups in total. The summed E-state index contributed by atoms with van der Waals surface area (Å²) in [6.45, 7) is 17.5. The molecule has 0 rings (SSSR count). The number of hydrogen-bond donors (Lipinski definition) is 0. The van der Waals surface area contributed by atoms with Crippen LogP contribution >= 0.6 is 0 Å². The molecule has 5 heteroatoms. The van der Waals surface area contributed by atoms with Crippen molar-refractivity contribution in [1.29, 1.82) is 0 Å². The van der Waals surface area contributed by atoms with Gasteiger partial charge in [0.1, 0.15) is 12.2 Å². The highest BCUT2D eigenvalue weighted by atomic mass is 16.6. The van der Waals surface area contributed by atoms with Gasteiger partial charge in [0.05, 0.1) is 12.2 Å². The van der Waals surface area contributed by atoms with E-state index >= 15 is 0 Å². The Kier molecular flexibility index (Phi) is 6.83. The van der Waals surface area contributed by atoms with Gasteiger partial charge in [0, 0.05) is 11.1 Å². The molecule has 0 atom stereocenters. The molecule has 0 aromatic heterocycles. The van der Waals surface area contributed by atoms with Crippen LogP contribution in [0.2, 0.25) is 0 Å². The number of carbonyl (C=O) groups excluding carboxylic acids is 2. The van der Waals surface area contributed by atoms with Gasteiger partial charge in [0.2, 0.25) is 0 Å². The summed E-state index contributed by atoms with van der Waals surface area (Å²) >= 11 is 0. The molecule has 21 heavy (non-hydrogen) atoms. The Labute approximate surface area is 126 Å². The lowest BCUT2D eigenvalue weighted by molar-refractivity contribution is -0.170. The number of hydrogen-bond acceptors (Lipinski definition) is 5. The summed E-state index contributed by atoms with van der Waals surface area (Å²) < 4.78 is 16.0. The van der Waals surface area contributed by atoms with E-state index in [4.69, 9.17) is 14.2 Å². The monoisotopic (exact) mass is 298 g/mol. The normalized spacial score (nSPS) is 11.7. The van der Waals surface area contributed by atoms with E-state index in [1.807, 2.05) is 0 Å². The predicted molar refractivity (Wildman–Crippen MR) is 80.8 cm³/mol. The lowest BCUT2D eigenvalue weighted by Gasteiger charge is -2.31. The van der Waals surface area contributed by atoms with Gasteiger partial charge in [-0.3, -0.25) is 0 Å². The van der Waals surface area contributed by atoms with E-state index in [0.29, 0.717) is 11.1 Å². The molecule has 0 aliphatic carbocycles. The zero-order chi connectivity index (χ0) is 16.8. The van der Waals surface area contributed by atoms with E-state index in [0.717, 1.165) is 0 Å². The summed E-state index contributed by atoms with van der Waals surface area (Å²) in [4.78, 5) is 22.9. The molecule has 5 nitrogen and oxygen atoms in total. The average Bonchev–Trinajstić information content (AvgIpc) is 2.33. The van der Waals surface area contributed by atoms with Gasteiger partial charge in [-0.15, -0.1) is 0 Å². The Morgan fingerprint density at radius 1 is 0.857 bits per heavy atom. The van der Waals surface area contributed by atoms with Crippen molar-refractivity contribution in [2.75, 3.05) is 13.2 Å². The fourth-order valence-electron chi connectivity index (χ4n) is 1.14. The molecule has 0 bridgehead atoms. The molecule has 0 aliphatic rings. The predicted octanol–water partition coefficient (Wildman–Crippen LogP) is 2.80. The average molecular weight is 298 g/mol. The van der Waals surface area contributed by atoms with Crippen LogP contribution in [0, 0.1) is 0 Å². The maximum Gasteiger partial charge on any atom is 0.333 e. The second kappa shape index (κ2) is 7.41. The maximum atomic E-state index is 11.5. The van der Waals surface area contributed by atoms with Gasteiger partial charge in [0.15, 0.2) is 0 Å². The van der Waals surface area contributed by atoms with Gasteiger partial charge in [-0.25, -0.2) is 9.59 Å². The van der Waals surface area contributed by atoms with Crippen LogP contribution in [0.5, 0.6) is 0 Å². The van der Waals surface area contributed by atoms with E-state index < -0.39 is 23.1 Å². The molecule has 0 aliphatic heterocycles. The van der Waals surface area contributed by atoms with Crippen LogP contribution < -0.4 is 0 Å². The van der Waals surface area contributed by atoms with Crippen molar-refractivity contribution in [1.82, 2.24) is 0 Å². The molecule has 0 spiro atoms. The fourth-order valence-corrected chi connectivity index (χ4v) is 1.14. The molecule has 120 valence electrons. The molecule has 0 aromatic rings. The zero-order valence-corrected chi connectivity index (χ0v) is 13.9. The first kappa shape index (κ1) is 19.4. The largest absolute Gasteiger partial charge is 0.459 e. The Bertz CT molecular complexity index is 432. The van der Waals surface area contributed by atoms with Crippen LogP contribution in [-0.2, 0) is 23.8 Å². The highest BCUT2D eigenvalue weighted by Gasteiger charge is 2.29. The second-order valence-electron chi connectivity index (χ2n) is 6.33. The fraction of sp³-hybridized carbons (Fsp3) is 0.625. The minimum atomic E-state index is -0.800. The first-order valence-electron chi connectivity index (χ1n) is 6.72. The molecule has 0 fully saturated rings. The van der Waals surface area contributed by atoms with Crippen LogP contribution in [0.25, 0.3) is 0 Å². The summed E-state index contributed by atoms with van der Waals surface area (Å²) in [7, 11) is 0. The van der Waals surface area contributed by atoms with Crippen molar-refractivity contribution >= 4 is 11.9 Å². The Hall–Kier alpha value is -1.62. The Morgan fingerprint density at radius 2 is 1.33 bits per heavy atom. The molecule has 0 amide bonds. The molecule has 0 aromatic carbocycles. The Morgan fingerprint density at radius 3 is 1.76 bits per heavy atom. The summed E-state index contributed by atoms with van der Waals surface area (Å²) in [5.74, 6) is -0.922. The molecular formula is C16H26O5. The lowest BCUT2D eigenvalue weighted by Crippen LogP contribution is -2.40. The van der Waals surface area contributed by atoms with Gasteiger partial charge in [0.25, 0.3) is 0 Å². The third-order valence-corrected chi connectivity index (χ3v) is 2.43. The smallest absolute Gasteiger partial charge is 0.333 e. The number of carbonyl (C=O) groups is 2. The lowest BCUT2D eigenvalue weighted by atomic mass is 10.1. The highest BCUT2D eigenvalue weighted by molar-refractivity contribution is 5.87. The van der Waals surface area contributed by atoms with Crippen LogP contribution in [-0.4, -0.2) is 36.4 Å². The van der Waals surface area contributed by atoms with E-state index in [1.165, 1.54) is 0 Å². The Balaban J connectivity index is 4.40. The number of rotatable bonds is 8. The molecule has 0 unspecified atom stereocenters. The van der Waals surface area contributed by atoms with E-state index in [1.54, 1.807) is 41.5 Å². The van der Waals surface area contributed by atoms with Crippen molar-refractivity contribution in [2.24, 2.45) is 0 Å². The minimum Gasteiger partial charge on any atom is -0.459 e. The summed E-state index contributed by atoms with van der Waals surface area (Å²) in [5, 5.41) is 0. The van der Waals surface area contributed by atoms with Crippen LogP contribution in [0.3, 0.4) is 0 Å². The van der Waals surface area contributed by atoms with Crippen molar-refractivity contribution in [3.05, 3.63) is 24.3 Å². The standard InChI is InChI=1S/C16H26O5/c1-11(2)13(17)19-9-15(5,6)20-10-16(7,8)21-14(18)12(3)4/h1,3,9-10H2,2,4-8H3. The topological polar surface area (TPSA) is 61.8 Å². The van der Waals surface area contributed by atoms with Gasteiger partial charge < -0.3 is 14.2 Å². The van der Waals surface area contributed by atoms with E-state index in [9.17, 15) is 9.59 Å². The van der Waals surface area contributed by atoms with Crippen LogP contribution in [0.15, 0.2) is 24.3 Å². The second-order valence-corrected chi connectivity index (χ2v) is 6.33. The quantitative estimate of drug-likeness (QED) is 0.509. The maximum absolute atomic E-state index is 11.5. The molecule has 0 saturated heterocycles. The van der Waals surface area contributed by atoms with Gasteiger partial charge in [-0.05, 0) is 41.5 Å². The van der Waals surface area contributed by atoms with Gasteiger partial charge in [-0.1, -0.05) is 13.2 Å². The van der Waals surface area contributed by atoms with Crippen molar-refractivity contribution < 1.29 is 23.8 Å². The summed E-state index contributed by atoms with van der Waals surface area (Å²) in [6, 6.07) is 0. The molecule has 0 radical (unpaired) electrons. The van der Waals surface area contributed by atoms with Crippen LogP contribution in [0.1, 0.15) is 41.5 Å². The van der Waals surface area contributed by atoms with Crippen LogP contribution in [0.4, 0.5) is 0 Å². The van der Waals surface area contributed by atoms with Gasteiger partial charge in [-0.2, -0.15) is 0 Å². The molecule has 0 heterocycles. The third-order valence-electron chi connectivity index (χ3n) is 2.43. The first-order valence-corrected chi connectivity index (χ1v) is 6.72. The number of ether oxygens (including phenoxy) is 3. The van der Waals surface area contributed by atoms with Crippen molar-refractivity contribution in [2.45, 2.75) is 52.7 Å². The minimum absolute atomic E-state index is 0.0865. The molecular weight excluding hydrogens is 272 g/mol. The molecule has 0 saturated carbocycles. The van der Waals surface area contributed by atoms with Crippen molar-refractivity contribution in [3.63, 3.8) is 0 Å². The third kappa shape index (κ3) is 8.30. The van der Waals surface area contributed by atoms with Crippen molar-refractivity contribution in [3.8, 4) is 0 Å². The number of esters is 2. The summed E-state index contributed by atoms with van der Waals surface area (Å²) in [6.07, 6.45) is 0. The SMILES string of the molecule is C=C(C)C(=O)OCC(C)(C)OCC(C)(C)OC(=O)C(=C)C. The van der Waals surface area contributed by atoms with E-state index in [-0.39, 0.29) is 13.2 Å². The summed E-state index contributed by atoms with van der Waals surface area (Å²) in [5.41, 5.74) is -0.830. The van der Waals surface area contributed by atoms with Gasteiger partial charge >= 0.3 is 11.9 Å². The van der Waals surface area contributed by atoms with E-state index in [2.05, 4.69) is 13.2 Å². The highest BCUT2D eigenvalue weighted by Crippen LogP contribution is 2.18. The zero-order valence-electron chi connectivity index (χ0n) is 13.9.